The number of hydrogen-bond acceptors (Lipinski definition) is 4. The fourth-order valence-corrected chi connectivity index (χ4v) is 3.01. The maximum absolute atomic E-state index is 12.7. The average molecular weight is 311 g/mol. The van der Waals surface area contributed by atoms with E-state index in [1.165, 1.54) is 18.2 Å². The van der Waals surface area contributed by atoms with E-state index in [2.05, 4.69) is 9.71 Å². The molecule has 0 aliphatic heterocycles. The largest absolute Gasteiger partial charge is 0.389 e. The van der Waals surface area contributed by atoms with Crippen LogP contribution < -0.4 is 10.5 Å². The minimum absolute atomic E-state index is 0.00384. The van der Waals surface area contributed by atoms with Crippen molar-refractivity contribution in [1.29, 1.82) is 0 Å². The van der Waals surface area contributed by atoms with Crippen molar-refractivity contribution < 1.29 is 12.8 Å². The molecule has 0 bridgehead atoms. The molecule has 0 saturated heterocycles. The third kappa shape index (κ3) is 3.09. The number of nitrogens with one attached hydrogen (secondary N) is 1. The molecule has 1 aromatic heterocycles. The van der Waals surface area contributed by atoms with Crippen molar-refractivity contribution in [3.05, 3.63) is 54.0 Å². The summed E-state index contributed by atoms with van der Waals surface area (Å²) in [4.78, 5) is 3.55. The molecule has 1 heterocycles. The first kappa shape index (κ1) is 14.4. The number of nitrogens with two attached hydrogens (primary N) is 1. The summed E-state index contributed by atoms with van der Waals surface area (Å²) in [6.07, 6.45) is 0.914. The Balaban J connectivity index is 2.41. The minimum Gasteiger partial charge on any atom is -0.389 e. The molecule has 0 aliphatic carbocycles. The van der Waals surface area contributed by atoms with Gasteiger partial charge in [0.15, 0.2) is 0 Å². The van der Waals surface area contributed by atoms with Crippen LogP contribution in [-0.4, -0.2) is 18.4 Å². The van der Waals surface area contributed by atoms with E-state index >= 15 is 0 Å². The van der Waals surface area contributed by atoms with Crippen LogP contribution in [0.5, 0.6) is 0 Å². The number of aromatic nitrogens is 1. The molecule has 20 heavy (non-hydrogen) atoms. The van der Waals surface area contributed by atoms with E-state index in [1.807, 2.05) is 0 Å². The Labute approximate surface area is 120 Å². The van der Waals surface area contributed by atoms with Crippen LogP contribution in [0.15, 0.2) is 47.5 Å². The van der Waals surface area contributed by atoms with Crippen LogP contribution in [0.25, 0.3) is 0 Å². The van der Waals surface area contributed by atoms with Gasteiger partial charge in [0.1, 0.15) is 16.6 Å². The first-order chi connectivity index (χ1) is 9.40. The number of rotatable bonds is 4. The van der Waals surface area contributed by atoms with Gasteiger partial charge in [0.25, 0.3) is 10.0 Å². The Hall–Kier alpha value is -2.06. The molecule has 104 valence electrons. The number of anilines is 1. The summed E-state index contributed by atoms with van der Waals surface area (Å²) in [7, 11) is -3.90. The van der Waals surface area contributed by atoms with Crippen molar-refractivity contribution in [3.8, 4) is 0 Å². The maximum Gasteiger partial charge on any atom is 0.263 e. The summed E-state index contributed by atoms with van der Waals surface area (Å²) in [5.41, 5.74) is 5.73. The highest BCUT2D eigenvalue weighted by molar-refractivity contribution is 7.93. The number of benzene rings is 1. The molecule has 0 atom stereocenters. The summed E-state index contributed by atoms with van der Waals surface area (Å²) in [5, 5.41) is 0. The Kier molecular flexibility index (Phi) is 3.96. The van der Waals surface area contributed by atoms with E-state index in [0.717, 1.165) is 12.3 Å². The van der Waals surface area contributed by atoms with Gasteiger partial charge in [-0.2, -0.15) is 0 Å². The number of pyridine rings is 1. The number of sulfonamides is 1. The standard InChI is InChI=1S/C12H10FN3O2S2/c13-8-5-6-11(15-7-8)16-20(17,18)10-4-2-1-3-9(10)12(14)19/h1-7H,(H2,14,19)(H,15,16). The Morgan fingerprint density at radius 3 is 2.55 bits per heavy atom. The van der Waals surface area contributed by atoms with Crippen molar-refractivity contribution in [2.24, 2.45) is 5.73 Å². The summed E-state index contributed by atoms with van der Waals surface area (Å²) in [6, 6.07) is 8.38. The van der Waals surface area contributed by atoms with E-state index in [-0.39, 0.29) is 21.3 Å². The zero-order valence-corrected chi connectivity index (χ0v) is 11.7. The number of hydrogen-bond donors (Lipinski definition) is 2. The van der Waals surface area contributed by atoms with E-state index in [0.29, 0.717) is 0 Å². The molecular weight excluding hydrogens is 301 g/mol. The number of halogens is 1. The van der Waals surface area contributed by atoms with Crippen LogP contribution in [0, 0.1) is 5.82 Å². The van der Waals surface area contributed by atoms with E-state index < -0.39 is 15.8 Å². The topological polar surface area (TPSA) is 85.1 Å². The summed E-state index contributed by atoms with van der Waals surface area (Å²) in [6.45, 7) is 0. The summed E-state index contributed by atoms with van der Waals surface area (Å²) < 4.78 is 39.5. The van der Waals surface area contributed by atoms with Crippen LogP contribution >= 0.6 is 12.2 Å². The fraction of sp³-hybridized carbons (Fsp3) is 0. The van der Waals surface area contributed by atoms with Crippen molar-refractivity contribution >= 4 is 33.0 Å². The van der Waals surface area contributed by atoms with Crippen LogP contribution in [0.3, 0.4) is 0 Å². The highest BCUT2D eigenvalue weighted by Gasteiger charge is 2.19. The van der Waals surface area contributed by atoms with Gasteiger partial charge in [-0.1, -0.05) is 30.4 Å². The third-order valence-corrected chi connectivity index (χ3v) is 4.04. The highest BCUT2D eigenvalue weighted by atomic mass is 32.2. The second-order valence-corrected chi connectivity index (χ2v) is 5.92. The molecule has 2 rings (SSSR count). The zero-order chi connectivity index (χ0) is 14.8. The SMILES string of the molecule is NC(=S)c1ccccc1S(=O)(=O)Nc1ccc(F)cn1. The van der Waals surface area contributed by atoms with Gasteiger partial charge in [0.05, 0.1) is 11.1 Å². The van der Waals surface area contributed by atoms with Crippen molar-refractivity contribution in [2.45, 2.75) is 4.90 Å². The third-order valence-electron chi connectivity index (χ3n) is 2.41. The molecule has 8 heteroatoms. The van der Waals surface area contributed by atoms with Gasteiger partial charge in [-0.05, 0) is 18.2 Å². The Morgan fingerprint density at radius 1 is 1.25 bits per heavy atom. The van der Waals surface area contributed by atoms with E-state index in [1.54, 1.807) is 12.1 Å². The van der Waals surface area contributed by atoms with Gasteiger partial charge in [-0.25, -0.2) is 17.8 Å². The first-order valence-electron chi connectivity index (χ1n) is 5.43. The normalized spacial score (nSPS) is 11.1. The predicted octanol–water partition coefficient (Wildman–Crippen LogP) is 1.66. The molecule has 1 aromatic carbocycles. The Morgan fingerprint density at radius 2 is 1.95 bits per heavy atom. The maximum atomic E-state index is 12.7. The molecule has 0 saturated carbocycles. The molecule has 0 unspecified atom stereocenters. The predicted molar refractivity (Wildman–Crippen MR) is 77.3 cm³/mol. The van der Waals surface area contributed by atoms with Gasteiger partial charge in [-0.15, -0.1) is 0 Å². The van der Waals surface area contributed by atoms with Gasteiger partial charge < -0.3 is 5.73 Å². The minimum atomic E-state index is -3.90. The quantitative estimate of drug-likeness (QED) is 0.839. The van der Waals surface area contributed by atoms with Crippen molar-refractivity contribution in [1.82, 2.24) is 4.98 Å². The monoisotopic (exact) mass is 311 g/mol. The van der Waals surface area contributed by atoms with Crippen molar-refractivity contribution in [2.75, 3.05) is 4.72 Å². The molecule has 0 radical (unpaired) electrons. The van der Waals surface area contributed by atoms with Crippen LogP contribution in [0.4, 0.5) is 10.2 Å². The lowest BCUT2D eigenvalue weighted by molar-refractivity contribution is 0.600. The highest BCUT2D eigenvalue weighted by Crippen LogP contribution is 2.18. The second kappa shape index (κ2) is 5.51. The van der Waals surface area contributed by atoms with Crippen molar-refractivity contribution in [3.63, 3.8) is 0 Å². The zero-order valence-electron chi connectivity index (χ0n) is 10.1. The molecule has 0 spiro atoms. The molecular formula is C12H10FN3O2S2. The van der Waals surface area contributed by atoms with E-state index in [4.69, 9.17) is 18.0 Å². The smallest absolute Gasteiger partial charge is 0.263 e. The van der Waals surface area contributed by atoms with Gasteiger partial charge in [0, 0.05) is 5.56 Å². The Bertz CT molecular complexity index is 746. The fourth-order valence-electron chi connectivity index (χ4n) is 1.53. The van der Waals surface area contributed by atoms with Gasteiger partial charge >= 0.3 is 0 Å². The number of nitrogens with zero attached hydrogens (tertiary/aromatic N) is 1. The first-order valence-corrected chi connectivity index (χ1v) is 7.32. The summed E-state index contributed by atoms with van der Waals surface area (Å²) >= 11 is 4.82. The lowest BCUT2D eigenvalue weighted by Crippen LogP contribution is -2.20. The van der Waals surface area contributed by atoms with Crippen LogP contribution in [-0.2, 0) is 10.0 Å². The van der Waals surface area contributed by atoms with Crippen LogP contribution in [0.1, 0.15) is 5.56 Å². The second-order valence-electron chi connectivity index (χ2n) is 3.83. The molecule has 0 fully saturated rings. The van der Waals surface area contributed by atoms with Gasteiger partial charge in [-0.3, -0.25) is 4.72 Å². The van der Waals surface area contributed by atoms with Gasteiger partial charge in [0.2, 0.25) is 0 Å². The molecule has 3 N–H and O–H groups in total. The molecule has 0 amide bonds. The van der Waals surface area contributed by atoms with Crippen LogP contribution in [0.2, 0.25) is 0 Å². The molecule has 5 nitrogen and oxygen atoms in total. The lowest BCUT2D eigenvalue weighted by Gasteiger charge is -2.10. The lowest BCUT2D eigenvalue weighted by atomic mass is 10.2. The molecule has 0 aliphatic rings. The average Bonchev–Trinajstić information content (AvgIpc) is 2.41. The van der Waals surface area contributed by atoms with E-state index in [9.17, 15) is 12.8 Å². The summed E-state index contributed by atoms with van der Waals surface area (Å²) in [5.74, 6) is -0.555. The number of thiocarbonyl (C=S) groups is 1. The molecule has 2 aromatic rings.